The van der Waals surface area contributed by atoms with Crippen LogP contribution in [-0.2, 0) is 9.59 Å². The Morgan fingerprint density at radius 2 is 1.83 bits per heavy atom. The molecule has 2 rings (SSSR count). The summed E-state index contributed by atoms with van der Waals surface area (Å²) in [6.07, 6.45) is 0. The molecule has 0 aromatic heterocycles. The molecule has 0 fully saturated rings. The average Bonchev–Trinajstić information content (AvgIpc) is 2.54. The highest BCUT2D eigenvalue weighted by Crippen LogP contribution is 2.24. The van der Waals surface area contributed by atoms with Gasteiger partial charge in [-0.3, -0.25) is 9.59 Å². The molecule has 0 aliphatic carbocycles. The first-order valence-corrected chi connectivity index (χ1v) is 7.97. The van der Waals surface area contributed by atoms with E-state index < -0.39 is 11.9 Å². The number of hydrogen-bond acceptors (Lipinski definition) is 5. The molecule has 0 unspecified atom stereocenters. The van der Waals surface area contributed by atoms with Gasteiger partial charge in [0, 0.05) is 17.5 Å². The van der Waals surface area contributed by atoms with E-state index in [1.54, 1.807) is 0 Å². The van der Waals surface area contributed by atoms with Crippen molar-refractivity contribution in [1.82, 2.24) is 0 Å². The molecule has 0 atom stereocenters. The molecule has 1 amide bonds. The highest BCUT2D eigenvalue weighted by molar-refractivity contribution is 8.00. The predicted octanol–water partition coefficient (Wildman–Crippen LogP) is 3.04. The van der Waals surface area contributed by atoms with E-state index in [1.165, 1.54) is 36.9 Å². The van der Waals surface area contributed by atoms with Crippen molar-refractivity contribution in [1.29, 1.82) is 0 Å². The summed E-state index contributed by atoms with van der Waals surface area (Å²) in [5.41, 5.74) is 0.126. The van der Waals surface area contributed by atoms with Crippen LogP contribution in [0.25, 0.3) is 0 Å². The number of esters is 1. The molecular formula is C17H15NO5S. The van der Waals surface area contributed by atoms with Gasteiger partial charge in [0.15, 0.2) is 0 Å². The summed E-state index contributed by atoms with van der Waals surface area (Å²) in [5.74, 6) is -2.00. The lowest BCUT2D eigenvalue weighted by Crippen LogP contribution is -2.15. The lowest BCUT2D eigenvalue weighted by atomic mass is 10.1. The maximum absolute atomic E-state index is 12.0. The third-order valence-corrected chi connectivity index (χ3v) is 3.87. The van der Waals surface area contributed by atoms with E-state index in [2.05, 4.69) is 5.32 Å². The number of carboxylic acid groups (broad SMARTS) is 1. The number of hydrogen-bond donors (Lipinski definition) is 2. The summed E-state index contributed by atoms with van der Waals surface area (Å²) in [4.78, 5) is 35.2. The van der Waals surface area contributed by atoms with E-state index in [-0.39, 0.29) is 23.0 Å². The molecule has 124 valence electrons. The second-order valence-corrected chi connectivity index (χ2v) is 5.81. The molecule has 6 nitrogen and oxygen atoms in total. The van der Waals surface area contributed by atoms with Crippen LogP contribution in [0, 0.1) is 0 Å². The third kappa shape index (κ3) is 5.13. The molecule has 24 heavy (non-hydrogen) atoms. The Morgan fingerprint density at radius 3 is 2.46 bits per heavy atom. The molecular weight excluding hydrogens is 330 g/mol. The van der Waals surface area contributed by atoms with Crippen LogP contribution >= 0.6 is 11.8 Å². The first kappa shape index (κ1) is 17.6. The number of carbonyl (C=O) groups is 3. The van der Waals surface area contributed by atoms with Crippen LogP contribution in [0.15, 0.2) is 53.4 Å². The van der Waals surface area contributed by atoms with Gasteiger partial charge in [-0.05, 0) is 30.3 Å². The average molecular weight is 345 g/mol. The fraction of sp³-hybridized carbons (Fsp3) is 0.118. The second kappa shape index (κ2) is 8.16. The lowest BCUT2D eigenvalue weighted by molar-refractivity contribution is -0.131. The zero-order valence-corrected chi connectivity index (χ0v) is 13.6. The van der Waals surface area contributed by atoms with Crippen LogP contribution < -0.4 is 10.1 Å². The summed E-state index contributed by atoms with van der Waals surface area (Å²) >= 11 is 1.37. The van der Waals surface area contributed by atoms with Crippen molar-refractivity contribution < 1.29 is 24.2 Å². The first-order chi connectivity index (χ1) is 11.5. The molecule has 0 aliphatic rings. The van der Waals surface area contributed by atoms with Crippen molar-refractivity contribution in [2.45, 2.75) is 11.8 Å². The van der Waals surface area contributed by atoms with Crippen LogP contribution in [0.1, 0.15) is 17.3 Å². The quantitative estimate of drug-likeness (QED) is 0.475. The Morgan fingerprint density at radius 1 is 1.12 bits per heavy atom. The number of carbonyl (C=O) groups excluding carboxylic acids is 2. The fourth-order valence-electron chi connectivity index (χ4n) is 1.88. The minimum Gasteiger partial charge on any atom is -0.478 e. The maximum atomic E-state index is 12.0. The smallest absolute Gasteiger partial charge is 0.339 e. The minimum absolute atomic E-state index is 0.0633. The third-order valence-electron chi connectivity index (χ3n) is 2.86. The molecule has 0 radical (unpaired) electrons. The highest BCUT2D eigenvalue weighted by atomic mass is 32.2. The molecule has 0 saturated carbocycles. The molecule has 7 heteroatoms. The molecule has 0 bridgehead atoms. The number of thioether (sulfide) groups is 1. The second-order valence-electron chi connectivity index (χ2n) is 4.76. The Hall–Kier alpha value is -2.80. The minimum atomic E-state index is -1.25. The van der Waals surface area contributed by atoms with E-state index in [0.29, 0.717) is 5.69 Å². The van der Waals surface area contributed by atoms with Gasteiger partial charge in [0.25, 0.3) is 0 Å². The number of anilines is 1. The summed E-state index contributed by atoms with van der Waals surface area (Å²) < 4.78 is 4.84. The van der Waals surface area contributed by atoms with E-state index in [0.717, 1.165) is 4.90 Å². The van der Waals surface area contributed by atoms with E-state index in [4.69, 9.17) is 4.74 Å². The number of amides is 1. The van der Waals surface area contributed by atoms with Gasteiger partial charge in [0.1, 0.15) is 11.3 Å². The van der Waals surface area contributed by atoms with Crippen molar-refractivity contribution in [3.8, 4) is 5.75 Å². The van der Waals surface area contributed by atoms with Gasteiger partial charge in [0.2, 0.25) is 5.91 Å². The first-order valence-electron chi connectivity index (χ1n) is 6.99. The number of nitrogens with one attached hydrogen (secondary N) is 1. The molecule has 0 heterocycles. The van der Waals surface area contributed by atoms with Crippen LogP contribution in [0.5, 0.6) is 5.75 Å². The number of aromatic carboxylic acids is 1. The monoisotopic (exact) mass is 345 g/mol. The van der Waals surface area contributed by atoms with E-state index in [9.17, 15) is 19.5 Å². The topological polar surface area (TPSA) is 92.7 Å². The van der Waals surface area contributed by atoms with Crippen molar-refractivity contribution in [3.05, 3.63) is 54.1 Å². The van der Waals surface area contributed by atoms with Gasteiger partial charge >= 0.3 is 11.9 Å². The zero-order valence-electron chi connectivity index (χ0n) is 12.8. The molecule has 2 aromatic rings. The van der Waals surface area contributed by atoms with Gasteiger partial charge in [-0.2, -0.15) is 0 Å². The van der Waals surface area contributed by atoms with Crippen LogP contribution in [0.4, 0.5) is 5.69 Å². The van der Waals surface area contributed by atoms with Gasteiger partial charge in [-0.1, -0.05) is 18.2 Å². The standard InChI is InChI=1S/C17H15NO5S/c1-11(19)23-15-8-7-12(9-14(15)17(21)22)18-16(20)10-24-13-5-3-2-4-6-13/h2-9H,10H2,1H3,(H,18,20)(H,21,22). The Bertz CT molecular complexity index is 761. The summed E-state index contributed by atoms with van der Waals surface area (Å²) in [7, 11) is 0. The highest BCUT2D eigenvalue weighted by Gasteiger charge is 2.15. The summed E-state index contributed by atoms with van der Waals surface area (Å²) in [5, 5.41) is 11.8. The molecule has 0 saturated heterocycles. The van der Waals surface area contributed by atoms with Crippen molar-refractivity contribution in [3.63, 3.8) is 0 Å². The van der Waals surface area contributed by atoms with Crippen molar-refractivity contribution >= 4 is 35.3 Å². The maximum Gasteiger partial charge on any atom is 0.339 e. The zero-order chi connectivity index (χ0) is 17.5. The Kier molecular flexibility index (Phi) is 5.97. The summed E-state index contributed by atoms with van der Waals surface area (Å²) in [6, 6.07) is 13.5. The summed E-state index contributed by atoms with van der Waals surface area (Å²) in [6.45, 7) is 1.18. The van der Waals surface area contributed by atoms with Crippen molar-refractivity contribution in [2.75, 3.05) is 11.1 Å². The predicted molar refractivity (Wildman–Crippen MR) is 90.5 cm³/mol. The van der Waals surface area contributed by atoms with Crippen molar-refractivity contribution in [2.24, 2.45) is 0 Å². The molecule has 0 aliphatic heterocycles. The fourth-order valence-corrected chi connectivity index (χ4v) is 2.60. The van der Waals surface area contributed by atoms with Crippen LogP contribution in [-0.4, -0.2) is 28.7 Å². The Labute approximate surface area is 142 Å². The van der Waals surface area contributed by atoms with Gasteiger partial charge in [0.05, 0.1) is 5.75 Å². The Balaban J connectivity index is 2.03. The number of rotatable bonds is 6. The van der Waals surface area contributed by atoms with Gasteiger partial charge < -0.3 is 15.2 Å². The number of benzene rings is 2. The number of ether oxygens (including phenoxy) is 1. The number of carboxylic acids is 1. The van der Waals surface area contributed by atoms with Crippen LogP contribution in [0.3, 0.4) is 0 Å². The van der Waals surface area contributed by atoms with E-state index in [1.807, 2.05) is 30.3 Å². The normalized spacial score (nSPS) is 10.0. The largest absolute Gasteiger partial charge is 0.478 e. The molecule has 2 aromatic carbocycles. The lowest BCUT2D eigenvalue weighted by Gasteiger charge is -2.09. The SMILES string of the molecule is CC(=O)Oc1ccc(NC(=O)CSc2ccccc2)cc1C(=O)O. The molecule has 2 N–H and O–H groups in total. The van der Waals surface area contributed by atoms with Crippen LogP contribution in [0.2, 0.25) is 0 Å². The van der Waals surface area contributed by atoms with Gasteiger partial charge in [-0.15, -0.1) is 11.8 Å². The molecule has 0 spiro atoms. The van der Waals surface area contributed by atoms with Gasteiger partial charge in [-0.25, -0.2) is 4.79 Å². The van der Waals surface area contributed by atoms with E-state index >= 15 is 0 Å².